The summed E-state index contributed by atoms with van der Waals surface area (Å²) in [5.41, 5.74) is 0. The van der Waals surface area contributed by atoms with E-state index in [0.717, 1.165) is 58.1 Å². The van der Waals surface area contributed by atoms with Gasteiger partial charge in [0, 0.05) is 50.2 Å². The van der Waals surface area contributed by atoms with Gasteiger partial charge >= 0.3 is 0 Å². The number of hydrogen-bond acceptors (Lipinski definition) is 5. The number of guanidine groups is 1. The van der Waals surface area contributed by atoms with E-state index >= 15 is 0 Å². The van der Waals surface area contributed by atoms with E-state index in [9.17, 15) is 0 Å². The molecular weight excluding hydrogens is 473 g/mol. The number of thiazole rings is 1. The molecule has 0 spiro atoms. The van der Waals surface area contributed by atoms with Crippen molar-refractivity contribution >= 4 is 41.3 Å². The highest BCUT2D eigenvalue weighted by molar-refractivity contribution is 14.0. The average Bonchev–Trinajstić information content (AvgIpc) is 3.07. The normalized spacial score (nSPS) is 18.4. The van der Waals surface area contributed by atoms with Crippen LogP contribution in [0, 0.1) is 5.92 Å². The number of aliphatic imine (C=N–C) groups is 1. The van der Waals surface area contributed by atoms with Gasteiger partial charge in [-0.05, 0) is 19.3 Å². The van der Waals surface area contributed by atoms with Gasteiger partial charge in [-0.15, -0.1) is 35.3 Å². The Morgan fingerprint density at radius 1 is 1.41 bits per heavy atom. The number of morpholine rings is 1. The molecule has 0 radical (unpaired) electrons. The Morgan fingerprint density at radius 2 is 2.22 bits per heavy atom. The number of nitrogens with one attached hydrogen (secondary N) is 2. The Labute approximate surface area is 185 Å². The molecule has 0 amide bonds. The summed E-state index contributed by atoms with van der Waals surface area (Å²) in [6.45, 7) is 15.1. The number of ether oxygens (including phenoxy) is 1. The topological polar surface area (TPSA) is 61.8 Å². The molecule has 1 aliphatic rings. The zero-order valence-electron chi connectivity index (χ0n) is 17.2. The summed E-state index contributed by atoms with van der Waals surface area (Å²) in [6, 6.07) is 0. The Morgan fingerprint density at radius 3 is 2.89 bits per heavy atom. The molecule has 1 aromatic rings. The van der Waals surface area contributed by atoms with Crippen LogP contribution in [0.25, 0.3) is 0 Å². The first-order chi connectivity index (χ1) is 12.6. The van der Waals surface area contributed by atoms with Crippen LogP contribution in [0.1, 0.15) is 37.6 Å². The van der Waals surface area contributed by atoms with Crippen molar-refractivity contribution in [1.29, 1.82) is 0 Å². The van der Waals surface area contributed by atoms with Crippen molar-refractivity contribution in [3.63, 3.8) is 0 Å². The second-order valence-corrected chi connectivity index (χ2v) is 8.32. The Kier molecular flexibility index (Phi) is 12.5. The molecule has 0 saturated carbocycles. The number of aryl methyl sites for hydroxylation is 1. The zero-order valence-corrected chi connectivity index (χ0v) is 20.3. The van der Waals surface area contributed by atoms with Crippen LogP contribution in [0.2, 0.25) is 0 Å². The van der Waals surface area contributed by atoms with E-state index in [0.29, 0.717) is 12.5 Å². The van der Waals surface area contributed by atoms with E-state index in [1.807, 2.05) is 6.20 Å². The predicted octanol–water partition coefficient (Wildman–Crippen LogP) is 2.78. The second-order valence-electron chi connectivity index (χ2n) is 7.12. The van der Waals surface area contributed by atoms with Crippen molar-refractivity contribution in [3.05, 3.63) is 16.1 Å². The summed E-state index contributed by atoms with van der Waals surface area (Å²) in [7, 11) is 0. The lowest BCUT2D eigenvalue weighted by atomic mass is 10.2. The van der Waals surface area contributed by atoms with E-state index in [-0.39, 0.29) is 30.1 Å². The lowest BCUT2D eigenvalue weighted by Crippen LogP contribution is -2.46. The Bertz CT molecular complexity index is 552. The molecule has 1 aliphatic heterocycles. The zero-order chi connectivity index (χ0) is 18.8. The summed E-state index contributed by atoms with van der Waals surface area (Å²) in [5.74, 6) is 1.56. The van der Waals surface area contributed by atoms with E-state index in [4.69, 9.17) is 9.73 Å². The summed E-state index contributed by atoms with van der Waals surface area (Å²) < 4.78 is 5.89. The van der Waals surface area contributed by atoms with Crippen LogP contribution in [0.4, 0.5) is 0 Å². The fourth-order valence-corrected chi connectivity index (χ4v) is 3.88. The molecule has 2 N–H and O–H groups in total. The summed E-state index contributed by atoms with van der Waals surface area (Å²) in [5, 5.41) is 7.92. The molecular formula is C19H36IN5OS. The molecule has 1 saturated heterocycles. The first-order valence-electron chi connectivity index (χ1n) is 9.90. The highest BCUT2D eigenvalue weighted by atomic mass is 127. The highest BCUT2D eigenvalue weighted by Crippen LogP contribution is 2.13. The first kappa shape index (κ1) is 24.6. The van der Waals surface area contributed by atoms with Crippen LogP contribution in [-0.2, 0) is 17.6 Å². The van der Waals surface area contributed by atoms with E-state index in [1.165, 1.54) is 9.88 Å². The molecule has 1 unspecified atom stereocenters. The molecule has 2 heterocycles. The van der Waals surface area contributed by atoms with Crippen LogP contribution in [-0.4, -0.2) is 67.8 Å². The summed E-state index contributed by atoms with van der Waals surface area (Å²) >= 11 is 1.80. The molecule has 1 fully saturated rings. The van der Waals surface area contributed by atoms with Crippen LogP contribution in [0.5, 0.6) is 0 Å². The van der Waals surface area contributed by atoms with Crippen LogP contribution < -0.4 is 10.6 Å². The van der Waals surface area contributed by atoms with Crippen LogP contribution in [0.15, 0.2) is 11.2 Å². The quantitative estimate of drug-likeness (QED) is 0.305. The molecule has 2 rings (SSSR count). The van der Waals surface area contributed by atoms with Crippen LogP contribution >= 0.6 is 35.3 Å². The highest BCUT2D eigenvalue weighted by Gasteiger charge is 2.20. The molecule has 1 aromatic heterocycles. The molecule has 6 nitrogen and oxygen atoms in total. The summed E-state index contributed by atoms with van der Waals surface area (Å²) in [4.78, 5) is 13.0. The van der Waals surface area contributed by atoms with E-state index < -0.39 is 0 Å². The molecule has 27 heavy (non-hydrogen) atoms. The van der Waals surface area contributed by atoms with Gasteiger partial charge in [0.2, 0.25) is 0 Å². The maximum Gasteiger partial charge on any atom is 0.191 e. The lowest BCUT2D eigenvalue weighted by Gasteiger charge is -2.33. The third-order valence-corrected chi connectivity index (χ3v) is 5.43. The Hall–Kier alpha value is -0.450. The number of nitrogens with zero attached hydrogens (tertiary/aromatic N) is 3. The van der Waals surface area contributed by atoms with Gasteiger partial charge in [-0.2, -0.15) is 0 Å². The molecule has 0 bridgehead atoms. The molecule has 8 heteroatoms. The first-order valence-corrected chi connectivity index (χ1v) is 10.7. The number of hydrogen-bond donors (Lipinski definition) is 2. The van der Waals surface area contributed by atoms with Gasteiger partial charge in [-0.25, -0.2) is 4.98 Å². The van der Waals surface area contributed by atoms with Gasteiger partial charge in [0.05, 0.1) is 24.3 Å². The van der Waals surface area contributed by atoms with E-state index in [2.05, 4.69) is 48.2 Å². The Balaban J connectivity index is 0.00000364. The molecule has 0 aliphatic carbocycles. The minimum absolute atomic E-state index is 0. The van der Waals surface area contributed by atoms with E-state index in [1.54, 1.807) is 11.3 Å². The molecule has 0 aromatic carbocycles. The van der Waals surface area contributed by atoms with Gasteiger partial charge < -0.3 is 15.4 Å². The third-order valence-electron chi connectivity index (χ3n) is 4.22. The summed E-state index contributed by atoms with van der Waals surface area (Å²) in [6.07, 6.45) is 4.16. The fourth-order valence-electron chi connectivity index (χ4n) is 3.02. The van der Waals surface area contributed by atoms with Crippen molar-refractivity contribution in [2.75, 3.05) is 45.9 Å². The second kappa shape index (κ2) is 13.7. The predicted molar refractivity (Wildman–Crippen MR) is 126 cm³/mol. The SMILES string of the molecule is CCNC(=NCC1CN(CC(C)C)CCO1)NCCc1ncc(CC)s1.I. The van der Waals surface area contributed by atoms with Gasteiger partial charge in [0.1, 0.15) is 0 Å². The number of aromatic nitrogens is 1. The van der Waals surface area contributed by atoms with Gasteiger partial charge in [0.25, 0.3) is 0 Å². The van der Waals surface area contributed by atoms with Crippen molar-refractivity contribution in [1.82, 2.24) is 20.5 Å². The minimum Gasteiger partial charge on any atom is -0.374 e. The van der Waals surface area contributed by atoms with Crippen molar-refractivity contribution < 1.29 is 4.74 Å². The average molecular weight is 510 g/mol. The minimum atomic E-state index is 0. The maximum absolute atomic E-state index is 5.89. The van der Waals surface area contributed by atoms with Crippen molar-refractivity contribution in [2.45, 2.75) is 46.6 Å². The van der Waals surface area contributed by atoms with Gasteiger partial charge in [-0.3, -0.25) is 9.89 Å². The van der Waals surface area contributed by atoms with Crippen molar-refractivity contribution in [3.8, 4) is 0 Å². The lowest BCUT2D eigenvalue weighted by molar-refractivity contribution is -0.0261. The van der Waals surface area contributed by atoms with Gasteiger partial charge in [-0.1, -0.05) is 20.8 Å². The largest absolute Gasteiger partial charge is 0.374 e. The van der Waals surface area contributed by atoms with Crippen LogP contribution in [0.3, 0.4) is 0 Å². The third kappa shape index (κ3) is 9.54. The smallest absolute Gasteiger partial charge is 0.191 e. The number of rotatable bonds is 9. The maximum atomic E-state index is 5.89. The molecule has 1 atom stereocenters. The number of halogens is 1. The van der Waals surface area contributed by atoms with Crippen molar-refractivity contribution in [2.24, 2.45) is 10.9 Å². The monoisotopic (exact) mass is 509 g/mol. The van der Waals surface area contributed by atoms with Gasteiger partial charge in [0.15, 0.2) is 5.96 Å². The standard InChI is InChI=1S/C19H35N5OS.HI/c1-5-17-12-22-18(26-17)7-8-21-19(20-6-2)23-11-16-14-24(9-10-25-16)13-15(3)4;/h12,15-16H,5-11,13-14H2,1-4H3,(H2,20,21,23);1H. The molecule has 156 valence electrons. The fraction of sp³-hybridized carbons (Fsp3) is 0.789.